The van der Waals surface area contributed by atoms with Gasteiger partial charge in [-0.1, -0.05) is 158 Å². The molecule has 5 aromatic rings. The lowest BCUT2D eigenvalue weighted by molar-refractivity contribution is -0.149. The summed E-state index contributed by atoms with van der Waals surface area (Å²) < 4.78 is 34.9. The molecule has 4 aromatic carbocycles. The van der Waals surface area contributed by atoms with Crippen LogP contribution in [0.3, 0.4) is 0 Å². The Labute approximate surface area is 669 Å². The Morgan fingerprint density at radius 1 is 0.681 bits per heavy atom. The van der Waals surface area contributed by atoms with Crippen molar-refractivity contribution in [2.75, 3.05) is 73.9 Å². The maximum absolute atomic E-state index is 14.9. The van der Waals surface area contributed by atoms with E-state index in [1.165, 1.54) is 25.4 Å². The van der Waals surface area contributed by atoms with Gasteiger partial charge in [-0.2, -0.15) is 0 Å². The Balaban J connectivity index is 0.868. The molecule has 113 heavy (non-hydrogen) atoms. The molecule has 0 radical (unpaired) electrons. The molecule has 1 aromatic heterocycles. The number of hydrogen-bond donors (Lipinski definition) is 6. The number of fused-ring (bicyclic) bond motifs is 3. The molecule has 2 aliphatic rings. The van der Waals surface area contributed by atoms with Crippen molar-refractivity contribution in [1.29, 1.82) is 0 Å². The van der Waals surface area contributed by atoms with Crippen molar-refractivity contribution in [3.63, 3.8) is 0 Å². The number of amides is 8. The van der Waals surface area contributed by atoms with Gasteiger partial charge in [0.1, 0.15) is 25.0 Å². The zero-order chi connectivity index (χ0) is 82.5. The second-order valence-corrected chi connectivity index (χ2v) is 31.9. The first-order chi connectivity index (χ1) is 54.0. The van der Waals surface area contributed by atoms with E-state index in [1.54, 1.807) is 77.2 Å². The standard InChI is InChI=1S/C86H119N9O17S/c1-14-55(6)78(75(107-12)49-77(101)95-39-23-31-71(95)79(108-13)56(7)72(97)46-61(81-88-38-43-113-81)44-58-24-16-15-17-25-58)94(11)82(103)67(54(4)5)48-76(100)86(9,10)93-85(106)111-50-60-34-32-59(33-35-60)45-73(98)69(30-22-36-89-83(87)104)92-80(102)66(53(2)3)47-74(99)70(91-57(8)96)52-110-42-41-109-40-37-90-84(105)112-51-68-64-28-20-18-26-62(64)63-27-19-21-29-65(63)68/h15-21,24-29,32-35,38,43,53-56,61,66-71,75,78-79H,14,22-23,30-31,36-37,39-42,44-52H2,1-13H3,(H,90,105)(H,91,96)(H,92,102)(H,93,106)(H3,87,89,104)/t55-,56-,61+,66-,67-,69-,70+,71-,75+,78-,79+/m0/s1. The van der Waals surface area contributed by atoms with Crippen molar-refractivity contribution in [1.82, 2.24) is 41.4 Å². The van der Waals surface area contributed by atoms with Gasteiger partial charge in [0.05, 0.1) is 73.7 Å². The molecule has 8 amide bonds. The Kier molecular flexibility index (Phi) is 36.2. The first-order valence-electron chi connectivity index (χ1n) is 39.5. The number of nitrogens with one attached hydrogen (secondary N) is 5. The number of aromatic nitrogens is 1. The average Bonchev–Trinajstić information content (AvgIpc) is 1.63. The van der Waals surface area contributed by atoms with Gasteiger partial charge >= 0.3 is 18.2 Å². The van der Waals surface area contributed by atoms with Crippen LogP contribution in [0.25, 0.3) is 11.1 Å². The maximum atomic E-state index is 14.9. The van der Waals surface area contributed by atoms with E-state index < -0.39 is 101 Å². The average molecular weight is 1580 g/mol. The largest absolute Gasteiger partial charge is 0.449 e. The number of Topliss-reactive ketones (excluding diaryl/α,β-unsaturated/α-hetero) is 4. The van der Waals surface area contributed by atoms with Crippen molar-refractivity contribution in [3.8, 4) is 11.1 Å². The highest BCUT2D eigenvalue weighted by molar-refractivity contribution is 7.09. The van der Waals surface area contributed by atoms with E-state index >= 15 is 0 Å². The summed E-state index contributed by atoms with van der Waals surface area (Å²) in [7, 11) is 4.80. The van der Waals surface area contributed by atoms with Crippen molar-refractivity contribution < 1.29 is 81.2 Å². The molecule has 0 spiro atoms. The van der Waals surface area contributed by atoms with Gasteiger partial charge in [-0.15, -0.1) is 11.3 Å². The summed E-state index contributed by atoms with van der Waals surface area (Å²) in [6, 6.07) is 29.0. The summed E-state index contributed by atoms with van der Waals surface area (Å²) in [6.07, 6.45) is 1.58. The Morgan fingerprint density at radius 3 is 1.94 bits per heavy atom. The van der Waals surface area contributed by atoms with E-state index in [1.807, 2.05) is 99.5 Å². The van der Waals surface area contributed by atoms with Gasteiger partial charge in [0, 0.05) is 115 Å². The molecule has 2 heterocycles. The molecule has 1 aliphatic carbocycles. The van der Waals surface area contributed by atoms with Crippen LogP contribution >= 0.6 is 11.3 Å². The number of nitrogens with zero attached hydrogens (tertiary/aromatic N) is 3. The van der Waals surface area contributed by atoms with E-state index in [9.17, 15) is 52.7 Å². The molecule has 1 aliphatic heterocycles. The first-order valence-corrected chi connectivity index (χ1v) is 40.4. The van der Waals surface area contributed by atoms with Crippen LogP contribution in [0.1, 0.15) is 172 Å². The highest BCUT2D eigenvalue weighted by Crippen LogP contribution is 2.45. The molecule has 7 N–H and O–H groups in total. The first kappa shape index (κ1) is 90.9. The number of ether oxygens (including phenoxy) is 6. The van der Waals surface area contributed by atoms with E-state index in [4.69, 9.17) is 34.2 Å². The number of hydrogen-bond acceptors (Lipinski definition) is 19. The number of ketones is 4. The number of nitrogens with two attached hydrogens (primary N) is 1. The van der Waals surface area contributed by atoms with Crippen LogP contribution in [0.4, 0.5) is 14.4 Å². The summed E-state index contributed by atoms with van der Waals surface area (Å²) >= 11 is 1.53. The number of carbonyl (C=O) groups excluding carboxylic acids is 11. The lowest BCUT2D eigenvalue weighted by Gasteiger charge is -2.41. The van der Waals surface area contributed by atoms with E-state index in [-0.39, 0.29) is 151 Å². The van der Waals surface area contributed by atoms with Gasteiger partial charge < -0.3 is 70.5 Å². The number of carbonyl (C=O) groups is 11. The molecular formula is C86H119N9O17S. The molecule has 616 valence electrons. The molecule has 0 bridgehead atoms. The van der Waals surface area contributed by atoms with Crippen molar-refractivity contribution in [3.05, 3.63) is 148 Å². The fourth-order valence-electron chi connectivity index (χ4n) is 15.1. The van der Waals surface area contributed by atoms with Crippen LogP contribution in [-0.4, -0.2) is 196 Å². The second-order valence-electron chi connectivity index (χ2n) is 31.0. The summed E-state index contributed by atoms with van der Waals surface area (Å²) in [5.74, 6) is -6.13. The van der Waals surface area contributed by atoms with Gasteiger partial charge in [0.25, 0.3) is 0 Å². The minimum atomic E-state index is -1.49. The molecule has 7 rings (SSSR count). The molecule has 27 heteroatoms. The van der Waals surface area contributed by atoms with Crippen molar-refractivity contribution in [2.45, 2.75) is 200 Å². The number of primary amides is 1. The molecule has 0 unspecified atom stereocenters. The number of benzene rings is 4. The molecule has 11 atom stereocenters. The van der Waals surface area contributed by atoms with Crippen molar-refractivity contribution >= 4 is 76.3 Å². The second kappa shape index (κ2) is 45.0. The molecule has 1 saturated heterocycles. The van der Waals surface area contributed by atoms with Crippen molar-refractivity contribution in [2.24, 2.45) is 41.2 Å². The van der Waals surface area contributed by atoms with Crippen LogP contribution in [0.15, 0.2) is 115 Å². The highest BCUT2D eigenvalue weighted by atomic mass is 32.1. The van der Waals surface area contributed by atoms with Gasteiger partial charge in [-0.05, 0) is 103 Å². The fraction of sp³-hybridized carbons (Fsp3) is 0.558. The molecule has 1 fully saturated rings. The number of rotatable bonds is 48. The number of urea groups is 1. The zero-order valence-corrected chi connectivity index (χ0v) is 68.8. The molecule has 26 nitrogen and oxygen atoms in total. The lowest BCUT2D eigenvalue weighted by atomic mass is 9.83. The minimum absolute atomic E-state index is 0.0293. The normalized spacial score (nSPS) is 16.0. The number of methoxy groups -OCH3 is 2. The van der Waals surface area contributed by atoms with Crippen LogP contribution in [0.2, 0.25) is 0 Å². The molecule has 0 saturated carbocycles. The Morgan fingerprint density at radius 2 is 1.33 bits per heavy atom. The number of thiazole rings is 1. The van der Waals surface area contributed by atoms with Gasteiger partial charge in [0.15, 0.2) is 17.3 Å². The lowest BCUT2D eigenvalue weighted by Crippen LogP contribution is -2.55. The Bertz CT molecular complexity index is 3910. The third kappa shape index (κ3) is 26.9. The smallest absolute Gasteiger partial charge is 0.408 e. The van der Waals surface area contributed by atoms with Gasteiger partial charge in [-0.25, -0.2) is 19.4 Å². The van der Waals surface area contributed by atoms with E-state index in [0.717, 1.165) is 39.2 Å². The predicted octanol–water partition coefficient (Wildman–Crippen LogP) is 10.6. The maximum Gasteiger partial charge on any atom is 0.408 e. The Hall–Kier alpha value is -9.28. The SMILES string of the molecule is CC[C@H](C)[C@@H]([C@@H](CC(=O)N1CCC[C@H]1[C@H](OC)[C@@H](C)C(=O)C[C@@H](Cc1ccccc1)c1nccs1)OC)N(C)C(=O)[C@@H](CC(=O)C(C)(C)NC(=O)OCc1ccc(CC(=O)[C@H](CCCNC(N)=O)NC(=O)[C@@H](CC(=O)[C@@H](COCCOCCNC(=O)OCC2c3ccccc3-c3ccccc32)NC(C)=O)C(C)C)cc1)C(C)C. The van der Waals surface area contributed by atoms with Crippen LogP contribution in [0.5, 0.6) is 0 Å². The quantitative estimate of drug-likeness (QED) is 0.0197. The predicted molar refractivity (Wildman–Crippen MR) is 430 cm³/mol. The van der Waals surface area contributed by atoms with Crippen LogP contribution in [-0.2, 0) is 86.2 Å². The summed E-state index contributed by atoms with van der Waals surface area (Å²) in [5.41, 5.74) is 10.5. The zero-order valence-electron chi connectivity index (χ0n) is 68.0. The van der Waals surface area contributed by atoms with Gasteiger partial charge in [-0.3, -0.25) is 38.4 Å². The summed E-state index contributed by atoms with van der Waals surface area (Å²) in [5, 5.41) is 16.2. The summed E-state index contributed by atoms with van der Waals surface area (Å²) in [4.78, 5) is 158. The fourth-order valence-corrected chi connectivity index (χ4v) is 15.9. The van der Waals surface area contributed by atoms with Crippen LogP contribution < -0.4 is 32.3 Å². The minimum Gasteiger partial charge on any atom is -0.449 e. The van der Waals surface area contributed by atoms with E-state index in [0.29, 0.717) is 36.9 Å². The number of likely N-dealkylation sites (tertiary alicyclic amines) is 1. The van der Waals surface area contributed by atoms with E-state index in [2.05, 4.69) is 55.8 Å². The monoisotopic (exact) mass is 1580 g/mol. The molecular weight excluding hydrogens is 1460 g/mol. The number of alkyl carbamates (subject to hydrolysis) is 2. The topological polar surface area (TPSA) is 349 Å². The summed E-state index contributed by atoms with van der Waals surface area (Å²) in [6.45, 7) is 18.2. The highest BCUT2D eigenvalue weighted by Gasteiger charge is 2.45. The third-order valence-electron chi connectivity index (χ3n) is 21.9. The van der Waals surface area contributed by atoms with Crippen LogP contribution in [0, 0.1) is 35.5 Å². The third-order valence-corrected chi connectivity index (χ3v) is 22.8. The van der Waals surface area contributed by atoms with Gasteiger partial charge in [0.2, 0.25) is 23.6 Å². The number of likely N-dealkylation sites (N-methyl/N-ethyl adjacent to an activating group) is 1.